The van der Waals surface area contributed by atoms with Gasteiger partial charge in [-0.3, -0.25) is 10.1 Å². The van der Waals surface area contributed by atoms with Gasteiger partial charge in [0.1, 0.15) is 0 Å². The van der Waals surface area contributed by atoms with Crippen LogP contribution in [0.1, 0.15) is 12.8 Å². The Labute approximate surface area is 134 Å². The molecule has 1 saturated heterocycles. The third-order valence-electron chi connectivity index (χ3n) is 4.33. The highest BCUT2D eigenvalue weighted by atomic mass is 19.1. The first-order chi connectivity index (χ1) is 11.0. The van der Waals surface area contributed by atoms with Gasteiger partial charge in [-0.15, -0.1) is 0 Å². The molecule has 1 N–H and O–H groups in total. The SMILES string of the molecule is COc1cc(N2CCC(N(C)CCO)CC2)c(F)cc1[N+](=O)[O-]. The summed E-state index contributed by atoms with van der Waals surface area (Å²) in [7, 11) is 3.30. The Balaban J connectivity index is 2.13. The highest BCUT2D eigenvalue weighted by Gasteiger charge is 2.26. The van der Waals surface area contributed by atoms with E-state index < -0.39 is 10.7 Å². The first-order valence-corrected chi connectivity index (χ1v) is 7.56. The average molecular weight is 327 g/mol. The molecule has 128 valence electrons. The van der Waals surface area contributed by atoms with Crippen LogP contribution in [0.3, 0.4) is 0 Å². The second-order valence-electron chi connectivity index (χ2n) is 5.66. The Kier molecular flexibility index (Phi) is 5.73. The molecule has 0 unspecified atom stereocenters. The van der Waals surface area contributed by atoms with Crippen LogP contribution in [-0.2, 0) is 0 Å². The van der Waals surface area contributed by atoms with Crippen LogP contribution in [0.5, 0.6) is 5.75 Å². The Morgan fingerprint density at radius 1 is 1.48 bits per heavy atom. The molecule has 0 aromatic heterocycles. The summed E-state index contributed by atoms with van der Waals surface area (Å²) in [5.41, 5.74) is -0.0398. The van der Waals surface area contributed by atoms with E-state index in [4.69, 9.17) is 9.84 Å². The molecule has 0 amide bonds. The maximum atomic E-state index is 14.2. The third kappa shape index (κ3) is 3.89. The lowest BCUT2D eigenvalue weighted by atomic mass is 10.0. The zero-order valence-electron chi connectivity index (χ0n) is 13.4. The summed E-state index contributed by atoms with van der Waals surface area (Å²) in [6.45, 7) is 2.03. The fourth-order valence-electron chi connectivity index (χ4n) is 2.97. The molecule has 0 aliphatic carbocycles. The number of piperidine rings is 1. The number of hydrogen-bond acceptors (Lipinski definition) is 6. The number of rotatable bonds is 6. The smallest absolute Gasteiger partial charge is 0.313 e. The molecule has 1 heterocycles. The van der Waals surface area contributed by atoms with Crippen LogP contribution < -0.4 is 9.64 Å². The van der Waals surface area contributed by atoms with Gasteiger partial charge in [0.2, 0.25) is 0 Å². The predicted molar refractivity (Wildman–Crippen MR) is 84.6 cm³/mol. The summed E-state index contributed by atoms with van der Waals surface area (Å²) in [6.07, 6.45) is 1.69. The summed E-state index contributed by atoms with van der Waals surface area (Å²) in [4.78, 5) is 14.2. The van der Waals surface area contributed by atoms with Crippen LogP contribution in [0, 0.1) is 15.9 Å². The lowest BCUT2D eigenvalue weighted by Gasteiger charge is -2.37. The van der Waals surface area contributed by atoms with Crippen molar-refractivity contribution in [1.29, 1.82) is 0 Å². The fourth-order valence-corrected chi connectivity index (χ4v) is 2.97. The third-order valence-corrected chi connectivity index (χ3v) is 4.33. The van der Waals surface area contributed by atoms with Crippen LogP contribution in [0.2, 0.25) is 0 Å². The van der Waals surface area contributed by atoms with Crippen LogP contribution in [0.15, 0.2) is 12.1 Å². The van der Waals surface area contributed by atoms with Gasteiger partial charge in [0.25, 0.3) is 0 Å². The standard InChI is InChI=1S/C15H22FN3O4/c1-17(7-8-20)11-3-5-18(6-4-11)13-10-15(23-2)14(19(21)22)9-12(13)16/h9-11,20H,3-8H2,1-2H3. The summed E-state index contributed by atoms with van der Waals surface area (Å²) in [5.74, 6) is -0.550. The summed E-state index contributed by atoms with van der Waals surface area (Å²) in [6, 6.07) is 2.66. The lowest BCUT2D eigenvalue weighted by Crippen LogP contribution is -2.44. The van der Waals surface area contributed by atoms with E-state index >= 15 is 0 Å². The second kappa shape index (κ2) is 7.56. The van der Waals surface area contributed by atoms with Crippen molar-refractivity contribution in [3.8, 4) is 5.75 Å². The van der Waals surface area contributed by atoms with E-state index in [1.165, 1.54) is 13.2 Å². The number of likely N-dealkylation sites (N-methyl/N-ethyl adjacent to an activating group) is 1. The highest BCUT2D eigenvalue weighted by Crippen LogP contribution is 2.35. The monoisotopic (exact) mass is 327 g/mol. The largest absolute Gasteiger partial charge is 0.490 e. The number of nitrogens with zero attached hydrogens (tertiary/aromatic N) is 3. The van der Waals surface area contributed by atoms with Crippen molar-refractivity contribution >= 4 is 11.4 Å². The second-order valence-corrected chi connectivity index (χ2v) is 5.66. The van der Waals surface area contributed by atoms with Gasteiger partial charge in [0, 0.05) is 31.7 Å². The van der Waals surface area contributed by atoms with E-state index in [0.29, 0.717) is 31.4 Å². The van der Waals surface area contributed by atoms with E-state index in [1.807, 2.05) is 11.9 Å². The number of methoxy groups -OCH3 is 1. The molecule has 1 aliphatic rings. The summed E-state index contributed by atoms with van der Waals surface area (Å²) in [5, 5.41) is 19.9. The maximum absolute atomic E-state index is 14.2. The van der Waals surface area contributed by atoms with Gasteiger partial charge in [-0.25, -0.2) is 4.39 Å². The van der Waals surface area contributed by atoms with Crippen molar-refractivity contribution in [2.24, 2.45) is 0 Å². The molecular formula is C15H22FN3O4. The average Bonchev–Trinajstić information content (AvgIpc) is 2.55. The number of nitro benzene ring substituents is 1. The number of hydrogen-bond donors (Lipinski definition) is 1. The minimum atomic E-state index is -0.651. The van der Waals surface area contributed by atoms with Crippen molar-refractivity contribution in [1.82, 2.24) is 4.90 Å². The molecule has 1 fully saturated rings. The number of benzene rings is 1. The van der Waals surface area contributed by atoms with Crippen molar-refractivity contribution < 1.29 is 19.2 Å². The molecule has 0 bridgehead atoms. The number of nitro groups is 1. The van der Waals surface area contributed by atoms with Crippen LogP contribution >= 0.6 is 0 Å². The molecule has 2 rings (SSSR count). The zero-order chi connectivity index (χ0) is 17.0. The maximum Gasteiger partial charge on any atom is 0.313 e. The van der Waals surface area contributed by atoms with E-state index in [-0.39, 0.29) is 18.0 Å². The van der Waals surface area contributed by atoms with Gasteiger partial charge >= 0.3 is 5.69 Å². The van der Waals surface area contributed by atoms with Gasteiger partial charge in [-0.2, -0.15) is 0 Å². The van der Waals surface area contributed by atoms with E-state index in [1.54, 1.807) is 0 Å². The topological polar surface area (TPSA) is 79.1 Å². The Hall–Kier alpha value is -1.93. The van der Waals surface area contributed by atoms with Gasteiger partial charge < -0.3 is 19.6 Å². The Morgan fingerprint density at radius 3 is 2.65 bits per heavy atom. The van der Waals surface area contributed by atoms with E-state index in [2.05, 4.69) is 4.90 Å². The molecule has 1 aromatic carbocycles. The minimum Gasteiger partial charge on any atom is -0.490 e. The summed E-state index contributed by atoms with van der Waals surface area (Å²) >= 11 is 0. The number of aliphatic hydroxyl groups excluding tert-OH is 1. The number of anilines is 1. The first kappa shape index (κ1) is 17.4. The van der Waals surface area contributed by atoms with Crippen molar-refractivity contribution in [3.05, 3.63) is 28.1 Å². The first-order valence-electron chi connectivity index (χ1n) is 7.56. The number of ether oxygens (including phenoxy) is 1. The van der Waals surface area contributed by atoms with Gasteiger partial charge in [-0.1, -0.05) is 0 Å². The molecule has 0 saturated carbocycles. The van der Waals surface area contributed by atoms with Crippen LogP contribution in [-0.4, -0.2) is 61.4 Å². The molecule has 1 aliphatic heterocycles. The van der Waals surface area contributed by atoms with Gasteiger partial charge in [-0.05, 0) is 19.9 Å². The van der Waals surface area contributed by atoms with Crippen LogP contribution in [0.4, 0.5) is 15.8 Å². The molecule has 8 heteroatoms. The Morgan fingerprint density at radius 2 is 2.13 bits per heavy atom. The van der Waals surface area contributed by atoms with Gasteiger partial charge in [0.05, 0.1) is 30.4 Å². The van der Waals surface area contributed by atoms with E-state index in [0.717, 1.165) is 18.9 Å². The molecule has 7 nitrogen and oxygen atoms in total. The molecular weight excluding hydrogens is 305 g/mol. The number of halogens is 1. The van der Waals surface area contributed by atoms with Crippen LogP contribution in [0.25, 0.3) is 0 Å². The van der Waals surface area contributed by atoms with Crippen molar-refractivity contribution in [2.45, 2.75) is 18.9 Å². The van der Waals surface area contributed by atoms with Gasteiger partial charge in [0.15, 0.2) is 11.6 Å². The fraction of sp³-hybridized carbons (Fsp3) is 0.600. The highest BCUT2D eigenvalue weighted by molar-refractivity contribution is 5.60. The number of aliphatic hydroxyl groups is 1. The van der Waals surface area contributed by atoms with Crippen molar-refractivity contribution in [2.75, 3.05) is 45.3 Å². The molecule has 1 aromatic rings. The van der Waals surface area contributed by atoms with E-state index in [9.17, 15) is 14.5 Å². The molecule has 0 spiro atoms. The molecule has 0 atom stereocenters. The minimum absolute atomic E-state index is 0.0610. The zero-order valence-corrected chi connectivity index (χ0v) is 13.4. The summed E-state index contributed by atoms with van der Waals surface area (Å²) < 4.78 is 19.3. The quantitative estimate of drug-likeness (QED) is 0.632. The predicted octanol–water partition coefficient (Wildman–Crippen LogP) is 1.64. The van der Waals surface area contributed by atoms with Crippen molar-refractivity contribution in [3.63, 3.8) is 0 Å². The molecule has 0 radical (unpaired) electrons. The normalized spacial score (nSPS) is 16.0. The Bertz CT molecular complexity index is 562. The molecule has 23 heavy (non-hydrogen) atoms. The lowest BCUT2D eigenvalue weighted by molar-refractivity contribution is -0.385.